The lowest BCUT2D eigenvalue weighted by atomic mass is 10.1. The Balaban J connectivity index is 1.76. The Kier molecular flexibility index (Phi) is 6.57. The first-order valence-corrected chi connectivity index (χ1v) is 13.2. The number of nitrogens with zero attached hydrogens (tertiary/aromatic N) is 4. The maximum atomic E-state index is 15.2. The molecule has 0 amide bonds. The molecule has 1 fully saturated rings. The molecule has 0 radical (unpaired) electrons. The Morgan fingerprint density at radius 2 is 1.90 bits per heavy atom. The number of aromatic nitrogens is 2. The van der Waals surface area contributed by atoms with E-state index in [1.165, 1.54) is 0 Å². The Morgan fingerprint density at radius 3 is 2.47 bits per heavy atom. The number of rotatable bonds is 7. The van der Waals surface area contributed by atoms with Crippen LogP contribution in [-0.2, 0) is 15.9 Å². The van der Waals surface area contributed by atoms with Crippen LogP contribution in [0.2, 0.25) is 18.1 Å². The van der Waals surface area contributed by atoms with Gasteiger partial charge in [-0.15, -0.1) is 0 Å². The van der Waals surface area contributed by atoms with E-state index in [0.29, 0.717) is 29.2 Å². The molecule has 1 aromatic carbocycles. The zero-order valence-corrected chi connectivity index (χ0v) is 19.7. The Hall–Kier alpha value is -2.32. The van der Waals surface area contributed by atoms with Crippen molar-refractivity contribution in [2.45, 2.75) is 58.9 Å². The molecule has 0 bridgehead atoms. The van der Waals surface area contributed by atoms with E-state index in [1.807, 2.05) is 17.9 Å². The molecule has 2 aromatic rings. The SMILES string of the molecule is CCON=C1CCN1c1ncc(-c2cccc(CO[Si](C)(C)C(C)(C)C)c2F)cn1. The summed E-state index contributed by atoms with van der Waals surface area (Å²) < 4.78 is 21.4. The standard InChI is InChI=1S/C22H31FN4O2Si/c1-7-28-26-19-11-12-27(19)21-24-13-17(14-25-21)18-10-8-9-16(20(18)23)15-29-30(5,6)22(2,3)4/h8-10,13-14H,7,11-12,15H2,1-6H3. The number of amidine groups is 1. The monoisotopic (exact) mass is 430 g/mol. The van der Waals surface area contributed by atoms with Gasteiger partial charge in [-0.2, -0.15) is 0 Å². The second-order valence-electron chi connectivity index (χ2n) is 8.93. The molecule has 3 rings (SSSR count). The fourth-order valence-corrected chi connectivity index (χ4v) is 3.71. The first kappa shape index (κ1) is 22.4. The van der Waals surface area contributed by atoms with Crippen molar-refractivity contribution in [3.63, 3.8) is 0 Å². The molecule has 8 heteroatoms. The largest absolute Gasteiger partial charge is 0.412 e. The van der Waals surface area contributed by atoms with Gasteiger partial charge in [-0.05, 0) is 25.1 Å². The maximum Gasteiger partial charge on any atom is 0.230 e. The van der Waals surface area contributed by atoms with E-state index < -0.39 is 8.32 Å². The molecule has 0 N–H and O–H groups in total. The summed E-state index contributed by atoms with van der Waals surface area (Å²) in [5.41, 5.74) is 1.66. The topological polar surface area (TPSA) is 59.8 Å². The number of halogens is 1. The number of hydrogen-bond acceptors (Lipinski definition) is 5. The molecule has 6 nitrogen and oxygen atoms in total. The average molecular weight is 431 g/mol. The molecule has 0 saturated carbocycles. The van der Waals surface area contributed by atoms with Crippen LogP contribution in [0.3, 0.4) is 0 Å². The zero-order chi connectivity index (χ0) is 21.9. The van der Waals surface area contributed by atoms with Crippen LogP contribution in [0, 0.1) is 5.82 Å². The predicted octanol–water partition coefficient (Wildman–Crippen LogP) is 5.36. The summed E-state index contributed by atoms with van der Waals surface area (Å²) in [6, 6.07) is 5.37. The second-order valence-corrected chi connectivity index (χ2v) is 13.7. The van der Waals surface area contributed by atoms with Crippen LogP contribution in [-0.4, -0.2) is 37.3 Å². The van der Waals surface area contributed by atoms with Crippen molar-refractivity contribution in [2.24, 2.45) is 5.16 Å². The zero-order valence-electron chi connectivity index (χ0n) is 18.7. The first-order valence-electron chi connectivity index (χ1n) is 10.3. The number of benzene rings is 1. The average Bonchev–Trinajstić information content (AvgIpc) is 2.66. The van der Waals surface area contributed by atoms with Crippen molar-refractivity contribution in [1.29, 1.82) is 0 Å². The van der Waals surface area contributed by atoms with Crippen LogP contribution >= 0.6 is 0 Å². The molecule has 0 aliphatic carbocycles. The van der Waals surface area contributed by atoms with Gasteiger partial charge in [-0.25, -0.2) is 14.4 Å². The highest BCUT2D eigenvalue weighted by Gasteiger charge is 2.37. The maximum absolute atomic E-state index is 15.2. The fourth-order valence-electron chi connectivity index (χ4n) is 2.76. The highest BCUT2D eigenvalue weighted by Crippen LogP contribution is 2.37. The predicted molar refractivity (Wildman–Crippen MR) is 120 cm³/mol. The summed E-state index contributed by atoms with van der Waals surface area (Å²) in [6.45, 7) is 14.3. The lowest BCUT2D eigenvalue weighted by Crippen LogP contribution is -2.44. The highest BCUT2D eigenvalue weighted by atomic mass is 28.4. The van der Waals surface area contributed by atoms with Gasteiger partial charge in [0.05, 0.1) is 6.61 Å². The van der Waals surface area contributed by atoms with E-state index in [1.54, 1.807) is 24.5 Å². The van der Waals surface area contributed by atoms with E-state index in [0.717, 1.165) is 18.8 Å². The minimum Gasteiger partial charge on any atom is -0.412 e. The lowest BCUT2D eigenvalue weighted by Gasteiger charge is -2.36. The molecular weight excluding hydrogens is 399 g/mol. The minimum absolute atomic E-state index is 0.0753. The summed E-state index contributed by atoms with van der Waals surface area (Å²) >= 11 is 0. The molecule has 0 atom stereocenters. The van der Waals surface area contributed by atoms with Crippen LogP contribution in [0.5, 0.6) is 0 Å². The van der Waals surface area contributed by atoms with Gasteiger partial charge < -0.3 is 9.26 Å². The van der Waals surface area contributed by atoms with Gasteiger partial charge in [0.15, 0.2) is 14.2 Å². The normalized spacial score (nSPS) is 16.0. The van der Waals surface area contributed by atoms with Crippen molar-refractivity contribution in [2.75, 3.05) is 18.1 Å². The molecule has 1 saturated heterocycles. The number of anilines is 1. The van der Waals surface area contributed by atoms with Gasteiger partial charge in [0, 0.05) is 42.0 Å². The van der Waals surface area contributed by atoms with Crippen molar-refractivity contribution >= 4 is 20.1 Å². The van der Waals surface area contributed by atoms with Gasteiger partial charge >= 0.3 is 0 Å². The minimum atomic E-state index is -1.96. The third-order valence-electron chi connectivity index (χ3n) is 5.83. The molecule has 1 aliphatic rings. The summed E-state index contributed by atoms with van der Waals surface area (Å²) in [4.78, 5) is 15.8. The Bertz CT molecular complexity index is 910. The third kappa shape index (κ3) is 4.70. The van der Waals surface area contributed by atoms with Crippen molar-refractivity contribution in [3.8, 4) is 11.1 Å². The van der Waals surface area contributed by atoms with E-state index in [-0.39, 0.29) is 17.5 Å². The summed E-state index contributed by atoms with van der Waals surface area (Å²) in [5, 5.41) is 4.14. The van der Waals surface area contributed by atoms with Gasteiger partial charge in [0.1, 0.15) is 12.4 Å². The van der Waals surface area contributed by atoms with Gasteiger partial charge in [-0.1, -0.05) is 44.1 Å². The molecule has 2 heterocycles. The van der Waals surface area contributed by atoms with E-state index in [2.05, 4.69) is 49.0 Å². The highest BCUT2D eigenvalue weighted by molar-refractivity contribution is 6.74. The summed E-state index contributed by atoms with van der Waals surface area (Å²) in [6.07, 6.45) is 4.13. The van der Waals surface area contributed by atoms with Crippen LogP contribution in [0.1, 0.15) is 39.7 Å². The number of oxime groups is 1. The van der Waals surface area contributed by atoms with E-state index >= 15 is 4.39 Å². The van der Waals surface area contributed by atoms with E-state index in [9.17, 15) is 0 Å². The molecule has 0 unspecified atom stereocenters. The smallest absolute Gasteiger partial charge is 0.230 e. The molecule has 1 aliphatic heterocycles. The Labute approximate surface area is 179 Å². The number of hydrogen-bond donors (Lipinski definition) is 0. The fraction of sp³-hybridized carbons (Fsp3) is 0.500. The van der Waals surface area contributed by atoms with Crippen LogP contribution in [0.25, 0.3) is 11.1 Å². The van der Waals surface area contributed by atoms with Gasteiger partial charge in [0.2, 0.25) is 5.95 Å². The lowest BCUT2D eigenvalue weighted by molar-refractivity contribution is 0.156. The molecule has 1 aromatic heterocycles. The van der Waals surface area contributed by atoms with Gasteiger partial charge in [-0.3, -0.25) is 4.90 Å². The van der Waals surface area contributed by atoms with Crippen molar-refractivity contribution < 1.29 is 13.7 Å². The molecule has 30 heavy (non-hydrogen) atoms. The third-order valence-corrected chi connectivity index (χ3v) is 10.3. The summed E-state index contributed by atoms with van der Waals surface area (Å²) in [7, 11) is -1.96. The van der Waals surface area contributed by atoms with Gasteiger partial charge in [0.25, 0.3) is 0 Å². The van der Waals surface area contributed by atoms with E-state index in [4.69, 9.17) is 9.26 Å². The molecular formula is C22H31FN4O2Si. The summed E-state index contributed by atoms with van der Waals surface area (Å²) in [5.74, 6) is 1.07. The quantitative estimate of drug-likeness (QED) is 0.437. The molecule has 0 spiro atoms. The molecule has 162 valence electrons. The van der Waals surface area contributed by atoms with Crippen molar-refractivity contribution in [3.05, 3.63) is 42.0 Å². The van der Waals surface area contributed by atoms with Crippen LogP contribution in [0.4, 0.5) is 10.3 Å². The second kappa shape index (κ2) is 8.81. The first-order chi connectivity index (χ1) is 14.1. The Morgan fingerprint density at radius 1 is 1.20 bits per heavy atom. The van der Waals surface area contributed by atoms with Crippen LogP contribution < -0.4 is 4.90 Å². The van der Waals surface area contributed by atoms with Crippen LogP contribution in [0.15, 0.2) is 35.7 Å². The van der Waals surface area contributed by atoms with Crippen molar-refractivity contribution in [1.82, 2.24) is 9.97 Å².